The maximum Gasteiger partial charge on any atom is 0.258 e. The van der Waals surface area contributed by atoms with E-state index in [4.69, 9.17) is 4.74 Å². The number of hydrogen-bond acceptors (Lipinski definition) is 3. The molecular formula is C20H25NO3. The van der Waals surface area contributed by atoms with E-state index in [-0.39, 0.29) is 19.1 Å². The third-order valence-electron chi connectivity index (χ3n) is 3.94. The molecule has 0 bridgehead atoms. The van der Waals surface area contributed by atoms with Crippen molar-refractivity contribution >= 4 is 5.91 Å². The van der Waals surface area contributed by atoms with Crippen molar-refractivity contribution in [1.29, 1.82) is 0 Å². The van der Waals surface area contributed by atoms with Crippen LogP contribution in [0.4, 0.5) is 0 Å². The van der Waals surface area contributed by atoms with E-state index in [1.807, 2.05) is 54.6 Å². The zero-order valence-electron chi connectivity index (χ0n) is 14.5. The van der Waals surface area contributed by atoms with E-state index in [1.54, 1.807) is 6.92 Å². The van der Waals surface area contributed by atoms with Crippen LogP contribution in [-0.4, -0.2) is 24.2 Å². The molecule has 2 aromatic rings. The zero-order chi connectivity index (χ0) is 17.6. The van der Waals surface area contributed by atoms with E-state index >= 15 is 0 Å². The van der Waals surface area contributed by atoms with Crippen molar-refractivity contribution in [3.63, 3.8) is 0 Å². The van der Waals surface area contributed by atoms with E-state index in [1.165, 1.54) is 5.56 Å². The first-order chi connectivity index (χ1) is 11.4. The quantitative estimate of drug-likeness (QED) is 0.821. The lowest BCUT2D eigenvalue weighted by Gasteiger charge is -2.24. The smallest absolute Gasteiger partial charge is 0.258 e. The Balaban J connectivity index is 1.81. The lowest BCUT2D eigenvalue weighted by atomic mass is 9.96. The number of hydrogen-bond donors (Lipinski definition) is 2. The van der Waals surface area contributed by atoms with E-state index in [9.17, 15) is 9.90 Å². The van der Waals surface area contributed by atoms with Crippen LogP contribution in [0.15, 0.2) is 54.6 Å². The maximum atomic E-state index is 11.9. The summed E-state index contributed by atoms with van der Waals surface area (Å²) < 4.78 is 5.48. The van der Waals surface area contributed by atoms with Gasteiger partial charge in [0.2, 0.25) is 0 Å². The fraction of sp³-hybridized carbons (Fsp3) is 0.350. The SMILES string of the molecule is CC(C)c1ccc(OCC(=O)NCC(C)(O)c2ccccc2)cc1. The number of benzene rings is 2. The first-order valence-electron chi connectivity index (χ1n) is 8.16. The Morgan fingerprint density at radius 3 is 2.33 bits per heavy atom. The van der Waals surface area contributed by atoms with Gasteiger partial charge in [-0.25, -0.2) is 0 Å². The summed E-state index contributed by atoms with van der Waals surface area (Å²) in [5.74, 6) is 0.853. The Labute approximate surface area is 143 Å². The van der Waals surface area contributed by atoms with Crippen molar-refractivity contribution in [3.05, 3.63) is 65.7 Å². The molecule has 0 aliphatic heterocycles. The molecule has 0 fully saturated rings. The van der Waals surface area contributed by atoms with Gasteiger partial charge in [0, 0.05) is 0 Å². The van der Waals surface area contributed by atoms with Gasteiger partial charge in [-0.2, -0.15) is 0 Å². The van der Waals surface area contributed by atoms with Crippen LogP contribution < -0.4 is 10.1 Å². The largest absolute Gasteiger partial charge is 0.484 e. The Kier molecular flexibility index (Phi) is 5.99. The highest BCUT2D eigenvalue weighted by atomic mass is 16.5. The van der Waals surface area contributed by atoms with Gasteiger partial charge >= 0.3 is 0 Å². The van der Waals surface area contributed by atoms with Crippen LogP contribution in [0.3, 0.4) is 0 Å². The molecule has 24 heavy (non-hydrogen) atoms. The minimum absolute atomic E-state index is 0.0775. The van der Waals surface area contributed by atoms with Crippen molar-refractivity contribution in [3.8, 4) is 5.75 Å². The van der Waals surface area contributed by atoms with Gasteiger partial charge in [0.1, 0.15) is 11.4 Å². The van der Waals surface area contributed by atoms with Crippen molar-refractivity contribution in [2.24, 2.45) is 0 Å². The molecule has 1 unspecified atom stereocenters. The van der Waals surface area contributed by atoms with E-state index in [2.05, 4.69) is 19.2 Å². The second-order valence-electron chi connectivity index (χ2n) is 6.43. The molecule has 0 aliphatic rings. The number of rotatable bonds is 7. The van der Waals surface area contributed by atoms with Crippen LogP contribution >= 0.6 is 0 Å². The summed E-state index contributed by atoms with van der Waals surface area (Å²) in [6.07, 6.45) is 0. The van der Waals surface area contributed by atoms with Gasteiger partial charge in [-0.1, -0.05) is 56.3 Å². The number of ether oxygens (including phenoxy) is 1. The van der Waals surface area contributed by atoms with Gasteiger partial charge in [0.15, 0.2) is 6.61 Å². The summed E-state index contributed by atoms with van der Waals surface area (Å²) in [4.78, 5) is 11.9. The van der Waals surface area contributed by atoms with Crippen LogP contribution in [0.5, 0.6) is 5.75 Å². The molecule has 0 saturated heterocycles. The lowest BCUT2D eigenvalue weighted by molar-refractivity contribution is -0.124. The zero-order valence-corrected chi connectivity index (χ0v) is 14.5. The average Bonchev–Trinajstić information content (AvgIpc) is 2.59. The topological polar surface area (TPSA) is 58.6 Å². The molecule has 4 nitrogen and oxygen atoms in total. The van der Waals surface area contributed by atoms with Crippen LogP contribution in [0.1, 0.15) is 37.8 Å². The molecule has 0 aliphatic carbocycles. The summed E-state index contributed by atoms with van der Waals surface area (Å²) >= 11 is 0. The highest BCUT2D eigenvalue weighted by Gasteiger charge is 2.23. The van der Waals surface area contributed by atoms with Crippen LogP contribution in [-0.2, 0) is 10.4 Å². The number of carbonyl (C=O) groups excluding carboxylic acids is 1. The van der Waals surface area contributed by atoms with E-state index in [0.717, 1.165) is 5.56 Å². The molecule has 0 radical (unpaired) electrons. The molecule has 2 aromatic carbocycles. The highest BCUT2D eigenvalue weighted by molar-refractivity contribution is 5.77. The molecule has 1 amide bonds. The molecule has 0 aromatic heterocycles. The van der Waals surface area contributed by atoms with Crippen LogP contribution in [0.25, 0.3) is 0 Å². The fourth-order valence-corrected chi connectivity index (χ4v) is 2.32. The molecule has 2 N–H and O–H groups in total. The third kappa shape index (κ3) is 5.10. The van der Waals surface area contributed by atoms with Crippen molar-refractivity contribution in [2.75, 3.05) is 13.2 Å². The lowest BCUT2D eigenvalue weighted by Crippen LogP contribution is -2.40. The van der Waals surface area contributed by atoms with Crippen molar-refractivity contribution in [1.82, 2.24) is 5.32 Å². The third-order valence-corrected chi connectivity index (χ3v) is 3.94. The molecular weight excluding hydrogens is 302 g/mol. The molecule has 4 heteroatoms. The van der Waals surface area contributed by atoms with Gasteiger partial charge in [0.05, 0.1) is 6.54 Å². The van der Waals surface area contributed by atoms with Gasteiger partial charge in [0.25, 0.3) is 5.91 Å². The Bertz CT molecular complexity index is 648. The number of amides is 1. The molecule has 1 atom stereocenters. The predicted molar refractivity (Wildman–Crippen MR) is 95.0 cm³/mol. The minimum Gasteiger partial charge on any atom is -0.484 e. The summed E-state index contributed by atoms with van der Waals surface area (Å²) in [7, 11) is 0. The maximum absolute atomic E-state index is 11.9. The fourth-order valence-electron chi connectivity index (χ4n) is 2.32. The van der Waals surface area contributed by atoms with Gasteiger partial charge in [-0.05, 0) is 36.1 Å². The number of carbonyl (C=O) groups is 1. The second kappa shape index (κ2) is 7.97. The van der Waals surface area contributed by atoms with E-state index < -0.39 is 5.60 Å². The Morgan fingerprint density at radius 2 is 1.75 bits per heavy atom. The summed E-state index contributed by atoms with van der Waals surface area (Å²) in [6.45, 7) is 5.98. The molecule has 2 rings (SSSR count). The highest BCUT2D eigenvalue weighted by Crippen LogP contribution is 2.19. The van der Waals surface area contributed by atoms with Gasteiger partial charge in [-0.3, -0.25) is 4.79 Å². The van der Waals surface area contributed by atoms with Crippen LogP contribution in [0, 0.1) is 0 Å². The molecule has 0 spiro atoms. The molecule has 0 heterocycles. The standard InChI is InChI=1S/C20H25NO3/c1-15(2)16-9-11-18(12-10-16)24-13-19(22)21-14-20(3,23)17-7-5-4-6-8-17/h4-12,15,23H,13-14H2,1-3H3,(H,21,22). The minimum atomic E-state index is -1.12. The van der Waals surface area contributed by atoms with Crippen molar-refractivity contribution in [2.45, 2.75) is 32.3 Å². The second-order valence-corrected chi connectivity index (χ2v) is 6.43. The number of nitrogens with one attached hydrogen (secondary N) is 1. The van der Waals surface area contributed by atoms with Crippen LogP contribution in [0.2, 0.25) is 0 Å². The van der Waals surface area contributed by atoms with E-state index in [0.29, 0.717) is 11.7 Å². The molecule has 128 valence electrons. The molecule has 0 saturated carbocycles. The first kappa shape index (κ1) is 18.0. The van der Waals surface area contributed by atoms with Crippen molar-refractivity contribution < 1.29 is 14.6 Å². The summed E-state index contributed by atoms with van der Waals surface area (Å²) in [6, 6.07) is 17.0. The average molecular weight is 327 g/mol. The Morgan fingerprint density at radius 1 is 1.12 bits per heavy atom. The Hall–Kier alpha value is -2.33. The summed E-state index contributed by atoms with van der Waals surface area (Å²) in [5, 5.41) is 13.2. The predicted octanol–water partition coefficient (Wildman–Crippen LogP) is 3.21. The summed E-state index contributed by atoms with van der Waals surface area (Å²) in [5.41, 5.74) is 0.872. The van der Waals surface area contributed by atoms with Gasteiger partial charge in [-0.15, -0.1) is 0 Å². The normalized spacial score (nSPS) is 13.4. The monoisotopic (exact) mass is 327 g/mol. The number of aliphatic hydroxyl groups is 1. The first-order valence-corrected chi connectivity index (χ1v) is 8.16. The van der Waals surface area contributed by atoms with Gasteiger partial charge < -0.3 is 15.2 Å².